The van der Waals surface area contributed by atoms with Gasteiger partial charge in [0, 0.05) is 18.7 Å². The highest BCUT2D eigenvalue weighted by Gasteiger charge is 2.46. The zero-order valence-electron chi connectivity index (χ0n) is 10.5. The first-order chi connectivity index (χ1) is 8.79. The Labute approximate surface area is 106 Å². The number of hydrogen-bond donors (Lipinski definition) is 0. The number of carbonyl (C=O) groups excluding carboxylic acids is 1. The summed E-state index contributed by atoms with van der Waals surface area (Å²) in [6, 6.07) is 1.99. The lowest BCUT2D eigenvalue weighted by atomic mass is 10.2. The first kappa shape index (κ1) is 11.7. The van der Waals surface area contributed by atoms with Crippen LogP contribution in [0.3, 0.4) is 0 Å². The van der Waals surface area contributed by atoms with Crippen molar-refractivity contribution in [2.24, 2.45) is 5.92 Å². The third-order valence-corrected chi connectivity index (χ3v) is 3.75. The molecule has 2 heterocycles. The summed E-state index contributed by atoms with van der Waals surface area (Å²) >= 11 is 0. The van der Waals surface area contributed by atoms with Crippen molar-refractivity contribution < 1.29 is 14.3 Å². The molecule has 2 fully saturated rings. The van der Waals surface area contributed by atoms with Crippen LogP contribution in [0, 0.1) is 5.92 Å². The molecule has 98 valence electrons. The maximum absolute atomic E-state index is 11.4. The standard InChI is InChI=1S/C13H18N2O3/c1-17-13(16)10-8-9(10)11-5-6-15(14-11)12-4-2-3-7-18-12/h5-6,9-10,12H,2-4,7-8H2,1H3. The molecule has 5 heteroatoms. The van der Waals surface area contributed by atoms with Gasteiger partial charge in [-0.05, 0) is 31.7 Å². The van der Waals surface area contributed by atoms with Crippen LogP contribution >= 0.6 is 0 Å². The molecule has 5 nitrogen and oxygen atoms in total. The molecule has 1 saturated heterocycles. The van der Waals surface area contributed by atoms with Crippen LogP contribution in [0.5, 0.6) is 0 Å². The summed E-state index contributed by atoms with van der Waals surface area (Å²) in [5.41, 5.74) is 0.986. The predicted molar refractivity (Wildman–Crippen MR) is 63.9 cm³/mol. The van der Waals surface area contributed by atoms with Gasteiger partial charge in [0.05, 0.1) is 18.7 Å². The summed E-state index contributed by atoms with van der Waals surface area (Å²) in [7, 11) is 1.44. The molecule has 18 heavy (non-hydrogen) atoms. The fraction of sp³-hybridized carbons (Fsp3) is 0.692. The van der Waals surface area contributed by atoms with E-state index < -0.39 is 0 Å². The average molecular weight is 250 g/mol. The molecule has 0 N–H and O–H groups in total. The summed E-state index contributed by atoms with van der Waals surface area (Å²) < 4.78 is 12.3. The number of aromatic nitrogens is 2. The number of esters is 1. The highest BCUT2D eigenvalue weighted by Crippen LogP contribution is 2.47. The SMILES string of the molecule is COC(=O)C1CC1c1ccn(C2CCCCO2)n1. The van der Waals surface area contributed by atoms with Gasteiger partial charge in [0.15, 0.2) is 0 Å². The van der Waals surface area contributed by atoms with Crippen molar-refractivity contribution in [3.8, 4) is 0 Å². The number of nitrogens with zero attached hydrogens (tertiary/aromatic N) is 2. The lowest BCUT2D eigenvalue weighted by Crippen LogP contribution is -2.18. The third kappa shape index (κ3) is 2.14. The smallest absolute Gasteiger partial charge is 0.309 e. The van der Waals surface area contributed by atoms with E-state index in [1.165, 1.54) is 13.5 Å². The Morgan fingerprint density at radius 3 is 3.17 bits per heavy atom. The Kier molecular flexibility index (Phi) is 3.07. The molecule has 0 aromatic carbocycles. The molecular formula is C13H18N2O3. The van der Waals surface area contributed by atoms with E-state index in [4.69, 9.17) is 9.47 Å². The summed E-state index contributed by atoms with van der Waals surface area (Å²) in [6.45, 7) is 0.814. The van der Waals surface area contributed by atoms with Gasteiger partial charge < -0.3 is 9.47 Å². The minimum Gasteiger partial charge on any atom is -0.469 e. The molecule has 0 radical (unpaired) electrons. The number of carbonyl (C=O) groups is 1. The van der Waals surface area contributed by atoms with Crippen LogP contribution in [-0.4, -0.2) is 29.5 Å². The molecule has 1 aliphatic heterocycles. The summed E-state index contributed by atoms with van der Waals surface area (Å²) in [6.07, 6.45) is 6.23. The molecule has 1 aromatic rings. The molecule has 0 spiro atoms. The monoisotopic (exact) mass is 250 g/mol. The maximum Gasteiger partial charge on any atom is 0.309 e. The minimum absolute atomic E-state index is 0.00521. The van der Waals surface area contributed by atoms with Crippen LogP contribution in [0.1, 0.15) is 43.5 Å². The Balaban J connectivity index is 1.65. The molecule has 1 saturated carbocycles. The fourth-order valence-corrected chi connectivity index (χ4v) is 2.58. The second-order valence-corrected chi connectivity index (χ2v) is 5.01. The second-order valence-electron chi connectivity index (χ2n) is 5.01. The number of hydrogen-bond acceptors (Lipinski definition) is 4. The van der Waals surface area contributed by atoms with E-state index in [-0.39, 0.29) is 24.0 Å². The predicted octanol–water partition coefficient (Wildman–Crippen LogP) is 1.86. The molecule has 0 amide bonds. The molecule has 3 rings (SSSR count). The highest BCUT2D eigenvalue weighted by molar-refractivity contribution is 5.77. The molecule has 2 aliphatic rings. The highest BCUT2D eigenvalue weighted by atomic mass is 16.5. The van der Waals surface area contributed by atoms with E-state index in [1.54, 1.807) is 0 Å². The van der Waals surface area contributed by atoms with Gasteiger partial charge in [0.1, 0.15) is 6.23 Å². The number of rotatable bonds is 3. The third-order valence-electron chi connectivity index (χ3n) is 3.75. The van der Waals surface area contributed by atoms with Crippen LogP contribution < -0.4 is 0 Å². The van der Waals surface area contributed by atoms with Gasteiger partial charge in [-0.1, -0.05) is 0 Å². The van der Waals surface area contributed by atoms with E-state index in [0.29, 0.717) is 0 Å². The van der Waals surface area contributed by atoms with Crippen molar-refractivity contribution in [2.75, 3.05) is 13.7 Å². The number of methoxy groups -OCH3 is 1. The van der Waals surface area contributed by atoms with Crippen LogP contribution in [0.2, 0.25) is 0 Å². The van der Waals surface area contributed by atoms with Crippen LogP contribution in [0.15, 0.2) is 12.3 Å². The van der Waals surface area contributed by atoms with Gasteiger partial charge in [0.2, 0.25) is 0 Å². The van der Waals surface area contributed by atoms with E-state index in [9.17, 15) is 4.79 Å². The van der Waals surface area contributed by atoms with Gasteiger partial charge in [-0.25, -0.2) is 4.68 Å². The first-order valence-electron chi connectivity index (χ1n) is 6.54. The lowest BCUT2D eigenvalue weighted by molar-refractivity contribution is -0.142. The molecule has 0 bridgehead atoms. The Morgan fingerprint density at radius 1 is 1.56 bits per heavy atom. The molecule has 3 atom stereocenters. The minimum atomic E-state index is -0.122. The zero-order valence-corrected chi connectivity index (χ0v) is 10.5. The zero-order chi connectivity index (χ0) is 12.5. The second kappa shape index (κ2) is 4.72. The van der Waals surface area contributed by atoms with Crippen molar-refractivity contribution >= 4 is 5.97 Å². The summed E-state index contributed by atoms with van der Waals surface area (Å²) in [5.74, 6) is 0.122. The quantitative estimate of drug-likeness (QED) is 0.768. The van der Waals surface area contributed by atoms with Crippen molar-refractivity contribution in [2.45, 2.75) is 37.8 Å². The molecule has 1 aliphatic carbocycles. The maximum atomic E-state index is 11.4. The lowest BCUT2D eigenvalue weighted by Gasteiger charge is -2.22. The summed E-state index contributed by atoms with van der Waals surface area (Å²) in [5, 5.41) is 4.55. The number of ether oxygens (including phenoxy) is 2. The average Bonchev–Trinajstić information content (AvgIpc) is 3.08. The van der Waals surface area contributed by atoms with Crippen molar-refractivity contribution in [1.82, 2.24) is 9.78 Å². The Hall–Kier alpha value is -1.36. The van der Waals surface area contributed by atoms with Crippen LogP contribution in [-0.2, 0) is 14.3 Å². The summed E-state index contributed by atoms with van der Waals surface area (Å²) in [4.78, 5) is 11.4. The van der Waals surface area contributed by atoms with Crippen molar-refractivity contribution in [3.63, 3.8) is 0 Å². The Bertz CT molecular complexity index is 437. The van der Waals surface area contributed by atoms with Crippen molar-refractivity contribution in [3.05, 3.63) is 18.0 Å². The Morgan fingerprint density at radius 2 is 2.44 bits per heavy atom. The normalized spacial score (nSPS) is 31.1. The van der Waals surface area contributed by atoms with Gasteiger partial charge in [0.25, 0.3) is 0 Å². The molecule has 1 aromatic heterocycles. The van der Waals surface area contributed by atoms with Crippen LogP contribution in [0.4, 0.5) is 0 Å². The largest absolute Gasteiger partial charge is 0.469 e. The van der Waals surface area contributed by atoms with E-state index in [2.05, 4.69) is 5.10 Å². The van der Waals surface area contributed by atoms with Gasteiger partial charge in [-0.15, -0.1) is 0 Å². The van der Waals surface area contributed by atoms with Crippen molar-refractivity contribution in [1.29, 1.82) is 0 Å². The van der Waals surface area contributed by atoms with Crippen LogP contribution in [0.25, 0.3) is 0 Å². The topological polar surface area (TPSA) is 53.4 Å². The fourth-order valence-electron chi connectivity index (χ4n) is 2.58. The van der Waals surface area contributed by atoms with E-state index in [1.807, 2.05) is 16.9 Å². The first-order valence-corrected chi connectivity index (χ1v) is 6.54. The van der Waals surface area contributed by atoms with Gasteiger partial charge >= 0.3 is 5.97 Å². The molecular weight excluding hydrogens is 232 g/mol. The van der Waals surface area contributed by atoms with Gasteiger partial charge in [-0.3, -0.25) is 4.79 Å². The van der Waals surface area contributed by atoms with E-state index in [0.717, 1.165) is 31.6 Å². The molecule has 3 unspecified atom stereocenters. The van der Waals surface area contributed by atoms with Gasteiger partial charge in [-0.2, -0.15) is 5.10 Å². The van der Waals surface area contributed by atoms with E-state index >= 15 is 0 Å².